The zero-order chi connectivity index (χ0) is 15.2. The van der Waals surface area contributed by atoms with Crippen LogP contribution in [0.1, 0.15) is 5.56 Å². The average molecular weight is 354 g/mol. The Balaban J connectivity index is 1.82. The molecule has 1 aliphatic rings. The Morgan fingerprint density at radius 1 is 1.43 bits per heavy atom. The van der Waals surface area contributed by atoms with Crippen LogP contribution in [0.5, 0.6) is 0 Å². The van der Waals surface area contributed by atoms with Gasteiger partial charge in [-0.25, -0.2) is 14.5 Å². The largest absolute Gasteiger partial charge is 0.452 e. The van der Waals surface area contributed by atoms with Crippen LogP contribution in [0.3, 0.4) is 0 Å². The third-order valence-electron chi connectivity index (χ3n) is 2.66. The molecule has 1 saturated heterocycles. The minimum absolute atomic E-state index is 0.168. The smallest absolute Gasteiger partial charge is 0.416 e. The number of carbonyl (C=O) groups excluding carboxylic acids is 3. The molecule has 0 atom stereocenters. The van der Waals surface area contributed by atoms with Crippen LogP contribution in [-0.4, -0.2) is 42.6 Å². The number of esters is 1. The number of amides is 2. The number of rotatable bonds is 4. The fraction of sp³-hybridized carbons (Fsp3) is 0.214. The zero-order valence-corrected chi connectivity index (χ0v) is 12.5. The van der Waals surface area contributed by atoms with Gasteiger partial charge in [0.2, 0.25) is 0 Å². The first kappa shape index (κ1) is 15.2. The molecular formula is C14H12BrNO5. The first-order valence-corrected chi connectivity index (χ1v) is 6.93. The topological polar surface area (TPSA) is 72.9 Å². The summed E-state index contributed by atoms with van der Waals surface area (Å²) in [6, 6.07) is 7.34. The lowest BCUT2D eigenvalue weighted by molar-refractivity contribution is -0.146. The molecule has 0 N–H and O–H groups in total. The highest BCUT2D eigenvalue weighted by atomic mass is 79.9. The van der Waals surface area contributed by atoms with Gasteiger partial charge in [0.15, 0.2) is 6.61 Å². The molecule has 1 fully saturated rings. The minimum Gasteiger partial charge on any atom is -0.452 e. The second-order valence-electron chi connectivity index (χ2n) is 4.16. The Hall–Kier alpha value is -2.15. The van der Waals surface area contributed by atoms with E-state index < -0.39 is 24.6 Å². The molecule has 2 rings (SSSR count). The monoisotopic (exact) mass is 353 g/mol. The maximum Gasteiger partial charge on any atom is 0.416 e. The molecule has 110 valence electrons. The van der Waals surface area contributed by atoms with E-state index in [1.165, 1.54) is 6.08 Å². The Bertz CT molecular complexity index is 599. The Morgan fingerprint density at radius 2 is 2.24 bits per heavy atom. The molecule has 1 aromatic carbocycles. The van der Waals surface area contributed by atoms with Crippen LogP contribution in [0.2, 0.25) is 0 Å². The number of benzene rings is 1. The predicted molar refractivity (Wildman–Crippen MR) is 77.2 cm³/mol. The molecule has 0 unspecified atom stereocenters. The summed E-state index contributed by atoms with van der Waals surface area (Å²) >= 11 is 3.32. The van der Waals surface area contributed by atoms with Crippen LogP contribution >= 0.6 is 15.9 Å². The molecule has 6 nitrogen and oxygen atoms in total. The first-order chi connectivity index (χ1) is 10.1. The van der Waals surface area contributed by atoms with E-state index in [1.54, 1.807) is 6.08 Å². The van der Waals surface area contributed by atoms with Crippen molar-refractivity contribution in [1.82, 2.24) is 4.90 Å². The lowest BCUT2D eigenvalue weighted by Crippen LogP contribution is -2.35. The van der Waals surface area contributed by atoms with Crippen LogP contribution in [0, 0.1) is 0 Å². The molecule has 0 saturated carbocycles. The molecule has 2 amide bonds. The van der Waals surface area contributed by atoms with E-state index >= 15 is 0 Å². The normalized spacial score (nSPS) is 14.3. The van der Waals surface area contributed by atoms with Crippen LogP contribution < -0.4 is 0 Å². The number of hydrogen-bond acceptors (Lipinski definition) is 5. The van der Waals surface area contributed by atoms with E-state index in [1.807, 2.05) is 24.3 Å². The molecule has 1 aliphatic heterocycles. The first-order valence-electron chi connectivity index (χ1n) is 6.14. The van der Waals surface area contributed by atoms with Crippen molar-refractivity contribution in [2.75, 3.05) is 19.8 Å². The fourth-order valence-corrected chi connectivity index (χ4v) is 2.07. The Labute approximate surface area is 129 Å². The summed E-state index contributed by atoms with van der Waals surface area (Å²) in [5, 5.41) is 0. The highest BCUT2D eigenvalue weighted by Crippen LogP contribution is 2.12. The highest BCUT2D eigenvalue weighted by molar-refractivity contribution is 9.10. The van der Waals surface area contributed by atoms with Gasteiger partial charge in [0.05, 0.1) is 6.54 Å². The van der Waals surface area contributed by atoms with Crippen molar-refractivity contribution in [1.29, 1.82) is 0 Å². The van der Waals surface area contributed by atoms with Gasteiger partial charge < -0.3 is 9.47 Å². The summed E-state index contributed by atoms with van der Waals surface area (Å²) < 4.78 is 10.3. The molecule has 0 spiro atoms. The lowest BCUT2D eigenvalue weighted by atomic mass is 10.2. The summed E-state index contributed by atoms with van der Waals surface area (Å²) in [5.41, 5.74) is 0.816. The highest BCUT2D eigenvalue weighted by Gasteiger charge is 2.28. The van der Waals surface area contributed by atoms with E-state index in [0.29, 0.717) is 0 Å². The molecule has 1 aromatic rings. The second-order valence-corrected chi connectivity index (χ2v) is 5.07. The Morgan fingerprint density at radius 3 is 2.90 bits per heavy atom. The molecule has 1 heterocycles. The molecule has 21 heavy (non-hydrogen) atoms. The van der Waals surface area contributed by atoms with Crippen molar-refractivity contribution in [3.63, 3.8) is 0 Å². The maximum atomic E-state index is 11.6. The Kier molecular flexibility index (Phi) is 5.10. The zero-order valence-electron chi connectivity index (χ0n) is 11.0. The van der Waals surface area contributed by atoms with Gasteiger partial charge in [-0.2, -0.15) is 0 Å². The van der Waals surface area contributed by atoms with Gasteiger partial charge >= 0.3 is 12.1 Å². The van der Waals surface area contributed by atoms with Crippen LogP contribution in [0.25, 0.3) is 6.08 Å². The summed E-state index contributed by atoms with van der Waals surface area (Å²) in [6.45, 7) is -0.138. The van der Waals surface area contributed by atoms with Crippen molar-refractivity contribution in [2.45, 2.75) is 0 Å². The molecule has 0 aromatic heterocycles. The maximum absolute atomic E-state index is 11.6. The molecule has 7 heteroatoms. The van der Waals surface area contributed by atoms with Crippen LogP contribution in [0.4, 0.5) is 4.79 Å². The number of carbonyl (C=O) groups is 3. The van der Waals surface area contributed by atoms with Gasteiger partial charge in [-0.3, -0.25) is 4.79 Å². The fourth-order valence-electron chi connectivity index (χ4n) is 1.65. The van der Waals surface area contributed by atoms with Crippen molar-refractivity contribution >= 4 is 40.0 Å². The summed E-state index contributed by atoms with van der Waals surface area (Å²) in [5.74, 6) is -1.25. The minimum atomic E-state index is -0.708. The number of nitrogens with zero attached hydrogens (tertiary/aromatic N) is 1. The summed E-state index contributed by atoms with van der Waals surface area (Å²) in [6.07, 6.45) is 2.08. The second kappa shape index (κ2) is 7.03. The summed E-state index contributed by atoms with van der Waals surface area (Å²) in [7, 11) is 0. The van der Waals surface area contributed by atoms with Crippen molar-refractivity contribution in [2.24, 2.45) is 0 Å². The van der Waals surface area contributed by atoms with Gasteiger partial charge in [0.25, 0.3) is 5.91 Å². The van der Waals surface area contributed by atoms with Crippen LogP contribution in [-0.2, 0) is 19.1 Å². The predicted octanol–water partition coefficient (Wildman–Crippen LogP) is 1.98. The van der Waals surface area contributed by atoms with E-state index in [-0.39, 0.29) is 13.2 Å². The summed E-state index contributed by atoms with van der Waals surface area (Å²) in [4.78, 5) is 35.1. The lowest BCUT2D eigenvalue weighted by Gasteiger charge is -2.09. The van der Waals surface area contributed by atoms with E-state index in [4.69, 9.17) is 4.74 Å². The average Bonchev–Trinajstić information content (AvgIpc) is 2.89. The third kappa shape index (κ3) is 4.42. The standard InChI is InChI=1S/C14H12BrNO5/c15-11-3-1-2-10(8-11)4-5-13(18)21-9-12(17)16-6-7-20-14(16)19/h1-5,8H,6-7,9H2/b5-4+. The third-order valence-corrected chi connectivity index (χ3v) is 3.15. The van der Waals surface area contributed by atoms with E-state index in [2.05, 4.69) is 20.7 Å². The van der Waals surface area contributed by atoms with Gasteiger partial charge in [-0.15, -0.1) is 0 Å². The number of cyclic esters (lactones) is 1. The van der Waals surface area contributed by atoms with Gasteiger partial charge in [0, 0.05) is 10.5 Å². The van der Waals surface area contributed by atoms with Gasteiger partial charge in [0.1, 0.15) is 6.61 Å². The van der Waals surface area contributed by atoms with Crippen molar-refractivity contribution in [3.8, 4) is 0 Å². The molecule has 0 radical (unpaired) electrons. The van der Waals surface area contributed by atoms with Crippen molar-refractivity contribution in [3.05, 3.63) is 40.4 Å². The van der Waals surface area contributed by atoms with Crippen LogP contribution in [0.15, 0.2) is 34.8 Å². The number of ether oxygens (including phenoxy) is 2. The number of imide groups is 1. The van der Waals surface area contributed by atoms with Gasteiger partial charge in [-0.1, -0.05) is 28.1 Å². The van der Waals surface area contributed by atoms with Gasteiger partial charge in [-0.05, 0) is 23.8 Å². The van der Waals surface area contributed by atoms with E-state index in [9.17, 15) is 14.4 Å². The molecular weight excluding hydrogens is 342 g/mol. The quantitative estimate of drug-likeness (QED) is 0.611. The SMILES string of the molecule is O=C(/C=C/c1cccc(Br)c1)OCC(=O)N1CCOC1=O. The molecule has 0 aliphatic carbocycles. The molecule has 0 bridgehead atoms. The number of halogens is 1. The number of hydrogen-bond donors (Lipinski definition) is 0. The van der Waals surface area contributed by atoms with Crippen molar-refractivity contribution < 1.29 is 23.9 Å². The van der Waals surface area contributed by atoms with E-state index in [0.717, 1.165) is 14.9 Å².